The summed E-state index contributed by atoms with van der Waals surface area (Å²) in [7, 11) is 0. The molecule has 3 heterocycles. The van der Waals surface area contributed by atoms with E-state index in [2.05, 4.69) is 15.5 Å². The van der Waals surface area contributed by atoms with Crippen LogP contribution in [0.2, 0.25) is 0 Å². The van der Waals surface area contributed by atoms with Gasteiger partial charge in [0.2, 0.25) is 0 Å². The van der Waals surface area contributed by atoms with Crippen molar-refractivity contribution in [3.63, 3.8) is 0 Å². The van der Waals surface area contributed by atoms with Crippen molar-refractivity contribution in [1.82, 2.24) is 15.5 Å². The number of para-hydroxylation sites is 1. The Labute approximate surface area is 145 Å². The first-order valence-electron chi connectivity index (χ1n) is 8.57. The molecule has 2 aromatic rings. The summed E-state index contributed by atoms with van der Waals surface area (Å²) in [6, 6.07) is 5.68. The number of ether oxygens (including phenoxy) is 2. The van der Waals surface area contributed by atoms with Crippen LogP contribution in [0.25, 0.3) is 0 Å². The Morgan fingerprint density at radius 3 is 2.84 bits per heavy atom. The number of nitrogens with one attached hydrogen (secondary N) is 1. The molecule has 0 spiro atoms. The van der Waals surface area contributed by atoms with Crippen LogP contribution in [0.4, 0.5) is 0 Å². The highest BCUT2D eigenvalue weighted by Gasteiger charge is 2.42. The first-order valence-corrected chi connectivity index (χ1v) is 8.57. The van der Waals surface area contributed by atoms with Crippen molar-refractivity contribution in [2.24, 2.45) is 0 Å². The van der Waals surface area contributed by atoms with Gasteiger partial charge in [-0.1, -0.05) is 17.3 Å². The Kier molecular flexibility index (Phi) is 3.95. The molecule has 1 saturated heterocycles. The van der Waals surface area contributed by atoms with Gasteiger partial charge in [0.25, 0.3) is 11.8 Å². The lowest BCUT2D eigenvalue weighted by atomic mass is 9.89. The van der Waals surface area contributed by atoms with E-state index in [4.69, 9.17) is 14.0 Å². The van der Waals surface area contributed by atoms with E-state index in [-0.39, 0.29) is 12.0 Å². The number of aromatic nitrogens is 2. The monoisotopic (exact) mass is 343 g/mol. The number of carbonyl (C=O) groups excluding carboxylic acids is 1. The van der Waals surface area contributed by atoms with Crippen LogP contribution in [0.5, 0.6) is 5.75 Å². The molecule has 132 valence electrons. The minimum Gasteiger partial charge on any atom is -0.489 e. The largest absolute Gasteiger partial charge is 0.489 e. The molecule has 0 saturated carbocycles. The predicted octanol–water partition coefficient (Wildman–Crippen LogP) is 2.14. The Hall–Kier alpha value is -2.41. The second kappa shape index (κ2) is 6.15. The van der Waals surface area contributed by atoms with Gasteiger partial charge < -0.3 is 19.3 Å². The molecular weight excluding hydrogens is 322 g/mol. The number of amides is 1. The van der Waals surface area contributed by atoms with Gasteiger partial charge in [-0.2, -0.15) is 4.98 Å². The van der Waals surface area contributed by atoms with Crippen molar-refractivity contribution in [3.8, 4) is 5.75 Å². The van der Waals surface area contributed by atoms with Gasteiger partial charge in [-0.05, 0) is 25.5 Å². The summed E-state index contributed by atoms with van der Waals surface area (Å²) in [5, 5.41) is 7.01. The molecule has 25 heavy (non-hydrogen) atoms. The minimum absolute atomic E-state index is 0.0829. The zero-order chi connectivity index (χ0) is 17.4. The summed E-state index contributed by atoms with van der Waals surface area (Å²) in [4.78, 5) is 17.4. The molecule has 1 aromatic carbocycles. The number of benzene rings is 1. The molecule has 1 atom stereocenters. The third-order valence-corrected chi connectivity index (χ3v) is 4.80. The first kappa shape index (κ1) is 16.1. The molecule has 0 aliphatic carbocycles. The Balaban J connectivity index is 1.65. The second-order valence-corrected chi connectivity index (χ2v) is 6.72. The number of hydrogen-bond donors (Lipinski definition) is 1. The predicted molar refractivity (Wildman–Crippen MR) is 88.5 cm³/mol. The molecule has 0 bridgehead atoms. The standard InChI is InChI=1S/C18H21N3O4/c1-11-10-13-4-3-5-14(15(13)24-11)16(22)20-18(6-8-23-9-7-18)17-19-12(2)21-25-17/h3-5,11H,6-10H2,1-2H3,(H,20,22)/t11-/m0/s1. The quantitative estimate of drug-likeness (QED) is 0.919. The number of hydrogen-bond acceptors (Lipinski definition) is 6. The van der Waals surface area contributed by atoms with Crippen LogP contribution in [0.1, 0.15) is 47.4 Å². The van der Waals surface area contributed by atoms with E-state index in [1.54, 1.807) is 13.0 Å². The first-order chi connectivity index (χ1) is 12.1. The molecule has 1 amide bonds. The zero-order valence-corrected chi connectivity index (χ0v) is 14.4. The zero-order valence-electron chi connectivity index (χ0n) is 14.4. The molecule has 0 radical (unpaired) electrons. The maximum absolute atomic E-state index is 13.0. The Morgan fingerprint density at radius 2 is 2.12 bits per heavy atom. The minimum atomic E-state index is -0.705. The number of fused-ring (bicyclic) bond motifs is 1. The molecule has 0 unspecified atom stereocenters. The van der Waals surface area contributed by atoms with Crippen LogP contribution in [0.3, 0.4) is 0 Å². The van der Waals surface area contributed by atoms with Crippen molar-refractivity contribution >= 4 is 5.91 Å². The molecule has 1 aromatic heterocycles. The fourth-order valence-electron chi connectivity index (χ4n) is 3.50. The normalized spacial score (nSPS) is 21.4. The molecule has 1 fully saturated rings. The molecule has 7 nitrogen and oxygen atoms in total. The van der Waals surface area contributed by atoms with Crippen molar-refractivity contribution in [1.29, 1.82) is 0 Å². The van der Waals surface area contributed by atoms with Gasteiger partial charge >= 0.3 is 0 Å². The van der Waals surface area contributed by atoms with E-state index in [0.29, 0.717) is 49.1 Å². The maximum atomic E-state index is 13.0. The van der Waals surface area contributed by atoms with E-state index in [0.717, 1.165) is 12.0 Å². The van der Waals surface area contributed by atoms with Crippen LogP contribution >= 0.6 is 0 Å². The molecular formula is C18H21N3O4. The summed E-state index contributed by atoms with van der Waals surface area (Å²) < 4.78 is 16.7. The molecule has 2 aliphatic rings. The van der Waals surface area contributed by atoms with Gasteiger partial charge in [-0.3, -0.25) is 4.79 Å². The lowest BCUT2D eigenvalue weighted by Crippen LogP contribution is -2.49. The van der Waals surface area contributed by atoms with Gasteiger partial charge in [0.1, 0.15) is 17.4 Å². The molecule has 1 N–H and O–H groups in total. The summed E-state index contributed by atoms with van der Waals surface area (Å²) in [5.74, 6) is 1.47. The van der Waals surface area contributed by atoms with Crippen LogP contribution in [-0.2, 0) is 16.7 Å². The summed E-state index contributed by atoms with van der Waals surface area (Å²) in [5.41, 5.74) is 0.905. The summed E-state index contributed by atoms with van der Waals surface area (Å²) in [6.07, 6.45) is 2.08. The molecule has 7 heteroatoms. The van der Waals surface area contributed by atoms with Crippen LogP contribution in [-0.4, -0.2) is 35.4 Å². The highest BCUT2D eigenvalue weighted by molar-refractivity contribution is 5.98. The van der Waals surface area contributed by atoms with Gasteiger partial charge in [0.15, 0.2) is 5.82 Å². The maximum Gasteiger partial charge on any atom is 0.255 e. The molecule has 2 aliphatic heterocycles. The smallest absolute Gasteiger partial charge is 0.255 e. The van der Waals surface area contributed by atoms with Gasteiger partial charge in [0.05, 0.1) is 5.56 Å². The van der Waals surface area contributed by atoms with Crippen molar-refractivity contribution in [2.75, 3.05) is 13.2 Å². The van der Waals surface area contributed by atoms with Gasteiger partial charge in [-0.25, -0.2) is 0 Å². The summed E-state index contributed by atoms with van der Waals surface area (Å²) >= 11 is 0. The van der Waals surface area contributed by atoms with Crippen molar-refractivity contribution in [3.05, 3.63) is 41.0 Å². The second-order valence-electron chi connectivity index (χ2n) is 6.72. The Morgan fingerprint density at radius 1 is 1.32 bits per heavy atom. The van der Waals surface area contributed by atoms with E-state index < -0.39 is 5.54 Å². The van der Waals surface area contributed by atoms with Crippen LogP contribution in [0, 0.1) is 6.92 Å². The number of carbonyl (C=O) groups is 1. The fourth-order valence-corrected chi connectivity index (χ4v) is 3.50. The van der Waals surface area contributed by atoms with E-state index >= 15 is 0 Å². The summed E-state index contributed by atoms with van der Waals surface area (Å²) in [6.45, 7) is 4.83. The van der Waals surface area contributed by atoms with Crippen LogP contribution < -0.4 is 10.1 Å². The van der Waals surface area contributed by atoms with E-state index in [1.165, 1.54) is 0 Å². The lowest BCUT2D eigenvalue weighted by molar-refractivity contribution is 0.0221. The highest BCUT2D eigenvalue weighted by atomic mass is 16.5. The topological polar surface area (TPSA) is 86.5 Å². The lowest BCUT2D eigenvalue weighted by Gasteiger charge is -2.34. The average molecular weight is 343 g/mol. The van der Waals surface area contributed by atoms with Crippen molar-refractivity contribution < 1.29 is 18.8 Å². The number of aryl methyl sites for hydroxylation is 1. The Bertz CT molecular complexity index is 795. The fraction of sp³-hybridized carbons (Fsp3) is 0.500. The van der Waals surface area contributed by atoms with Crippen molar-refractivity contribution in [2.45, 2.75) is 44.8 Å². The third kappa shape index (κ3) is 2.89. The number of rotatable bonds is 3. The third-order valence-electron chi connectivity index (χ3n) is 4.80. The van der Waals surface area contributed by atoms with Crippen LogP contribution in [0.15, 0.2) is 22.7 Å². The van der Waals surface area contributed by atoms with E-state index in [9.17, 15) is 4.79 Å². The SMILES string of the molecule is Cc1noc(C2(NC(=O)c3cccc4c3O[C@@H](C)C4)CCOCC2)n1. The number of nitrogens with zero attached hydrogens (tertiary/aromatic N) is 2. The van der Waals surface area contributed by atoms with E-state index in [1.807, 2.05) is 19.1 Å². The average Bonchev–Trinajstić information content (AvgIpc) is 3.20. The van der Waals surface area contributed by atoms with Gasteiger partial charge in [-0.15, -0.1) is 0 Å². The molecule has 4 rings (SSSR count). The van der Waals surface area contributed by atoms with Gasteiger partial charge in [0, 0.05) is 32.5 Å². The highest BCUT2D eigenvalue weighted by Crippen LogP contribution is 2.35.